The number of halogens is 4. The Morgan fingerprint density at radius 3 is 2.46 bits per heavy atom. The lowest BCUT2D eigenvalue weighted by Gasteiger charge is -2.22. The number of anilines is 1. The Labute approximate surface area is 148 Å². The third-order valence-corrected chi connectivity index (χ3v) is 4.87. The van der Waals surface area contributed by atoms with E-state index in [1.54, 1.807) is 12.1 Å². The number of nitrogens with one attached hydrogen (secondary N) is 2. The first-order valence-electron chi connectivity index (χ1n) is 7.36. The molecular formula is C17H14Cl2F2N2O. The molecule has 1 aliphatic rings. The summed E-state index contributed by atoms with van der Waals surface area (Å²) in [5.41, 5.74) is 1.95. The first-order valence-corrected chi connectivity index (χ1v) is 8.11. The van der Waals surface area contributed by atoms with E-state index in [4.69, 9.17) is 23.2 Å². The number of amides is 1. The molecule has 2 aromatic carbocycles. The van der Waals surface area contributed by atoms with Crippen molar-refractivity contribution in [1.29, 1.82) is 0 Å². The van der Waals surface area contributed by atoms with Crippen molar-refractivity contribution in [3.8, 4) is 0 Å². The summed E-state index contributed by atoms with van der Waals surface area (Å²) in [5, 5.41) is 5.80. The molecule has 0 saturated carbocycles. The van der Waals surface area contributed by atoms with Crippen molar-refractivity contribution < 1.29 is 13.6 Å². The lowest BCUT2D eigenvalue weighted by Crippen LogP contribution is -2.12. The molecule has 0 aromatic heterocycles. The summed E-state index contributed by atoms with van der Waals surface area (Å²) >= 11 is 11.7. The van der Waals surface area contributed by atoms with Crippen LogP contribution in [0.5, 0.6) is 0 Å². The quantitative estimate of drug-likeness (QED) is 0.787. The minimum atomic E-state index is -0.550. The maximum Gasteiger partial charge on any atom is 0.211 e. The minimum Gasteiger partial charge on any atom is -0.328 e. The minimum absolute atomic E-state index is 0.0316. The molecule has 0 spiro atoms. The van der Waals surface area contributed by atoms with Gasteiger partial charge < -0.3 is 10.6 Å². The van der Waals surface area contributed by atoms with Crippen molar-refractivity contribution in [1.82, 2.24) is 5.32 Å². The fourth-order valence-corrected chi connectivity index (χ4v) is 3.51. The van der Waals surface area contributed by atoms with E-state index in [-0.39, 0.29) is 21.9 Å². The maximum atomic E-state index is 14.0. The Morgan fingerprint density at radius 2 is 1.75 bits per heavy atom. The van der Waals surface area contributed by atoms with E-state index in [1.807, 2.05) is 0 Å². The van der Waals surface area contributed by atoms with E-state index >= 15 is 0 Å². The van der Waals surface area contributed by atoms with Gasteiger partial charge in [0.25, 0.3) is 0 Å². The van der Waals surface area contributed by atoms with Gasteiger partial charge in [0.1, 0.15) is 11.6 Å². The maximum absolute atomic E-state index is 14.0. The van der Waals surface area contributed by atoms with Crippen LogP contribution < -0.4 is 10.6 Å². The number of rotatable bonds is 4. The van der Waals surface area contributed by atoms with Crippen LogP contribution in [0, 0.1) is 11.6 Å². The average Bonchev–Trinajstić information content (AvgIpc) is 3.03. The fourth-order valence-electron chi connectivity index (χ4n) is 3.16. The van der Waals surface area contributed by atoms with Gasteiger partial charge in [0.2, 0.25) is 6.41 Å². The summed E-state index contributed by atoms with van der Waals surface area (Å²) < 4.78 is 27.4. The van der Waals surface area contributed by atoms with E-state index < -0.39 is 11.6 Å². The second-order valence-electron chi connectivity index (χ2n) is 5.66. The molecule has 1 heterocycles. The lowest BCUT2D eigenvalue weighted by atomic mass is 9.83. The van der Waals surface area contributed by atoms with Crippen molar-refractivity contribution in [2.45, 2.75) is 11.8 Å². The van der Waals surface area contributed by atoms with Crippen LogP contribution in [0.3, 0.4) is 0 Å². The summed E-state index contributed by atoms with van der Waals surface area (Å²) in [5.74, 6) is -1.17. The monoisotopic (exact) mass is 370 g/mol. The second kappa shape index (κ2) is 7.05. The molecule has 2 unspecified atom stereocenters. The molecule has 1 fully saturated rings. The predicted octanol–water partition coefficient (Wildman–Crippen LogP) is 4.31. The molecule has 3 rings (SSSR count). The molecular weight excluding hydrogens is 357 g/mol. The molecule has 126 valence electrons. The fraction of sp³-hybridized carbons (Fsp3) is 0.235. The molecule has 0 aliphatic carbocycles. The van der Waals surface area contributed by atoms with E-state index in [0.717, 1.165) is 5.56 Å². The van der Waals surface area contributed by atoms with Gasteiger partial charge in [-0.25, -0.2) is 8.78 Å². The zero-order valence-corrected chi connectivity index (χ0v) is 14.0. The molecule has 7 heteroatoms. The van der Waals surface area contributed by atoms with Gasteiger partial charge in [-0.15, -0.1) is 0 Å². The highest BCUT2D eigenvalue weighted by molar-refractivity contribution is 6.31. The average molecular weight is 371 g/mol. The molecule has 2 atom stereocenters. The van der Waals surface area contributed by atoms with Gasteiger partial charge in [0.15, 0.2) is 0 Å². The molecule has 1 amide bonds. The third kappa shape index (κ3) is 3.24. The van der Waals surface area contributed by atoms with Gasteiger partial charge in [0.05, 0.1) is 10.0 Å². The SMILES string of the molecule is O=CNc1cc(Cl)c(F)cc1C1CNCC1c1ccc(F)c(Cl)c1. The number of hydrogen-bond acceptors (Lipinski definition) is 2. The summed E-state index contributed by atoms with van der Waals surface area (Å²) in [6, 6.07) is 7.31. The van der Waals surface area contributed by atoms with Crippen LogP contribution in [0.4, 0.5) is 14.5 Å². The van der Waals surface area contributed by atoms with E-state index in [2.05, 4.69) is 10.6 Å². The van der Waals surface area contributed by atoms with E-state index in [1.165, 1.54) is 18.2 Å². The molecule has 0 bridgehead atoms. The van der Waals surface area contributed by atoms with Crippen LogP contribution in [0.2, 0.25) is 10.0 Å². The van der Waals surface area contributed by atoms with Crippen LogP contribution in [0.1, 0.15) is 23.0 Å². The lowest BCUT2D eigenvalue weighted by molar-refractivity contribution is -0.105. The Hall–Kier alpha value is -1.69. The molecule has 2 N–H and O–H groups in total. The third-order valence-electron chi connectivity index (χ3n) is 4.29. The van der Waals surface area contributed by atoms with Gasteiger partial charge in [0, 0.05) is 30.6 Å². The highest BCUT2D eigenvalue weighted by Crippen LogP contribution is 2.41. The van der Waals surface area contributed by atoms with Crippen molar-refractivity contribution >= 4 is 35.3 Å². The van der Waals surface area contributed by atoms with Crippen LogP contribution in [-0.2, 0) is 4.79 Å². The summed E-state index contributed by atoms with van der Waals surface area (Å²) in [4.78, 5) is 10.8. The van der Waals surface area contributed by atoms with Crippen LogP contribution >= 0.6 is 23.2 Å². The Kier molecular flexibility index (Phi) is 5.04. The standard InChI is InChI=1S/C17H14Cl2F2N2O/c18-13-3-9(1-2-15(13)20)11-6-22-7-12(11)10-4-16(21)14(19)5-17(10)23-8-24/h1-5,8,11-12,22H,6-7H2,(H,23,24). The Morgan fingerprint density at radius 1 is 1.04 bits per heavy atom. The zero-order valence-electron chi connectivity index (χ0n) is 12.5. The van der Waals surface area contributed by atoms with Crippen molar-refractivity contribution in [3.05, 3.63) is 63.1 Å². The molecule has 3 nitrogen and oxygen atoms in total. The molecule has 2 aromatic rings. The van der Waals surface area contributed by atoms with E-state index in [9.17, 15) is 13.6 Å². The Bertz CT molecular complexity index is 785. The molecule has 0 radical (unpaired) electrons. The normalized spacial score (nSPS) is 20.2. The van der Waals surface area contributed by atoms with Gasteiger partial charge in [-0.2, -0.15) is 0 Å². The topological polar surface area (TPSA) is 41.1 Å². The smallest absolute Gasteiger partial charge is 0.211 e. The summed E-state index contributed by atoms with van der Waals surface area (Å²) in [6.45, 7) is 1.23. The van der Waals surface area contributed by atoms with Gasteiger partial charge >= 0.3 is 0 Å². The largest absolute Gasteiger partial charge is 0.328 e. The molecule has 1 saturated heterocycles. The first kappa shape index (κ1) is 17.1. The number of carbonyl (C=O) groups is 1. The van der Waals surface area contributed by atoms with Crippen LogP contribution in [0.25, 0.3) is 0 Å². The first-order chi connectivity index (χ1) is 11.5. The van der Waals surface area contributed by atoms with Crippen LogP contribution in [0.15, 0.2) is 30.3 Å². The van der Waals surface area contributed by atoms with Gasteiger partial charge in [-0.3, -0.25) is 4.79 Å². The number of carbonyl (C=O) groups excluding carboxylic acids is 1. The van der Waals surface area contributed by atoms with Crippen molar-refractivity contribution in [2.75, 3.05) is 18.4 Å². The molecule has 24 heavy (non-hydrogen) atoms. The highest BCUT2D eigenvalue weighted by Gasteiger charge is 2.32. The van der Waals surface area contributed by atoms with Crippen LogP contribution in [-0.4, -0.2) is 19.5 Å². The highest BCUT2D eigenvalue weighted by atomic mass is 35.5. The Balaban J connectivity index is 2.02. The van der Waals surface area contributed by atoms with Crippen molar-refractivity contribution in [2.24, 2.45) is 0 Å². The van der Waals surface area contributed by atoms with E-state index in [0.29, 0.717) is 30.8 Å². The summed E-state index contributed by atoms with van der Waals surface area (Å²) in [6.07, 6.45) is 0.527. The number of benzene rings is 2. The number of hydrogen-bond donors (Lipinski definition) is 2. The van der Waals surface area contributed by atoms with Gasteiger partial charge in [-0.05, 0) is 35.4 Å². The predicted molar refractivity (Wildman–Crippen MR) is 90.9 cm³/mol. The summed E-state index contributed by atoms with van der Waals surface area (Å²) in [7, 11) is 0. The zero-order chi connectivity index (χ0) is 17.3. The molecule has 1 aliphatic heterocycles. The second-order valence-corrected chi connectivity index (χ2v) is 6.47. The van der Waals surface area contributed by atoms with Gasteiger partial charge in [-0.1, -0.05) is 29.3 Å². The van der Waals surface area contributed by atoms with Crippen molar-refractivity contribution in [3.63, 3.8) is 0 Å².